The molecule has 4 nitrogen and oxygen atoms in total. The minimum atomic E-state index is -4.11. The molecule has 0 unspecified atom stereocenters. The summed E-state index contributed by atoms with van der Waals surface area (Å²) in [4.78, 5) is -0.0562. The number of benzene rings is 1. The molecule has 0 aliphatic rings. The summed E-state index contributed by atoms with van der Waals surface area (Å²) in [7, 11) is -2.43. The van der Waals surface area contributed by atoms with E-state index in [1.807, 2.05) is 0 Å². The Morgan fingerprint density at radius 1 is 1.46 bits per heavy atom. The van der Waals surface area contributed by atoms with Crippen LogP contribution in [0.15, 0.2) is 23.1 Å². The van der Waals surface area contributed by atoms with Crippen molar-refractivity contribution in [3.05, 3.63) is 23.8 Å². The second-order valence-corrected chi connectivity index (χ2v) is 4.10. The number of hydrogen-bond donors (Lipinski definition) is 2. The standard InChI is InChI=1S/C8H11NO3S.H2/c1-6-3-4-7(9-2)5-8(6)13(10,11)12;/h3-5,9H,1-2H3,(H,10,11,12);1H. The van der Waals surface area contributed by atoms with Crippen LogP contribution in [-0.2, 0) is 10.1 Å². The number of aryl methyl sites for hydroxylation is 1. The highest BCUT2D eigenvalue weighted by Gasteiger charge is 2.12. The van der Waals surface area contributed by atoms with Crippen LogP contribution in [-0.4, -0.2) is 20.0 Å². The van der Waals surface area contributed by atoms with Crippen LogP contribution in [0.25, 0.3) is 0 Å². The first kappa shape index (κ1) is 10.0. The van der Waals surface area contributed by atoms with Gasteiger partial charge in [0.15, 0.2) is 0 Å². The molecule has 1 rings (SSSR count). The van der Waals surface area contributed by atoms with Gasteiger partial charge in [-0.05, 0) is 24.6 Å². The fraction of sp³-hybridized carbons (Fsp3) is 0.250. The second-order valence-electron chi connectivity index (χ2n) is 2.71. The summed E-state index contributed by atoms with van der Waals surface area (Å²) in [5, 5.41) is 2.79. The van der Waals surface area contributed by atoms with Crippen molar-refractivity contribution in [3.63, 3.8) is 0 Å². The minimum absolute atomic E-state index is 0. The summed E-state index contributed by atoms with van der Waals surface area (Å²) < 4.78 is 30.5. The predicted molar refractivity (Wildman–Crippen MR) is 52.7 cm³/mol. The summed E-state index contributed by atoms with van der Waals surface area (Å²) in [6, 6.07) is 4.77. The van der Waals surface area contributed by atoms with E-state index in [2.05, 4.69) is 5.32 Å². The molecule has 0 saturated heterocycles. The summed E-state index contributed by atoms with van der Waals surface area (Å²) >= 11 is 0. The van der Waals surface area contributed by atoms with Crippen molar-refractivity contribution in [3.8, 4) is 0 Å². The molecule has 0 heterocycles. The van der Waals surface area contributed by atoms with Gasteiger partial charge in [-0.3, -0.25) is 4.55 Å². The number of nitrogens with one attached hydrogen (secondary N) is 1. The van der Waals surface area contributed by atoms with Crippen LogP contribution in [0, 0.1) is 6.92 Å². The van der Waals surface area contributed by atoms with E-state index in [1.165, 1.54) is 6.07 Å². The number of hydrogen-bond acceptors (Lipinski definition) is 3. The van der Waals surface area contributed by atoms with Crippen LogP contribution in [0.5, 0.6) is 0 Å². The molecule has 0 aromatic heterocycles. The van der Waals surface area contributed by atoms with E-state index in [1.54, 1.807) is 26.1 Å². The lowest BCUT2D eigenvalue weighted by Gasteiger charge is -2.05. The van der Waals surface area contributed by atoms with Crippen molar-refractivity contribution in [1.29, 1.82) is 0 Å². The van der Waals surface area contributed by atoms with E-state index < -0.39 is 10.1 Å². The summed E-state index contributed by atoms with van der Waals surface area (Å²) in [5.74, 6) is 0. The molecule has 2 N–H and O–H groups in total. The van der Waals surface area contributed by atoms with Crippen molar-refractivity contribution in [2.24, 2.45) is 0 Å². The largest absolute Gasteiger partial charge is 0.388 e. The molecule has 74 valence electrons. The van der Waals surface area contributed by atoms with E-state index in [4.69, 9.17) is 4.55 Å². The molecule has 1 aromatic rings. The Morgan fingerprint density at radius 2 is 2.08 bits per heavy atom. The van der Waals surface area contributed by atoms with Gasteiger partial charge in [-0.15, -0.1) is 0 Å². The fourth-order valence-electron chi connectivity index (χ4n) is 1.03. The molecule has 0 amide bonds. The molecular weight excluding hydrogens is 190 g/mol. The molecule has 0 bridgehead atoms. The van der Waals surface area contributed by atoms with Gasteiger partial charge in [0.2, 0.25) is 0 Å². The van der Waals surface area contributed by atoms with Crippen LogP contribution in [0.3, 0.4) is 0 Å². The van der Waals surface area contributed by atoms with Crippen molar-refractivity contribution >= 4 is 15.8 Å². The van der Waals surface area contributed by atoms with Gasteiger partial charge >= 0.3 is 0 Å². The molecule has 0 atom stereocenters. The minimum Gasteiger partial charge on any atom is -0.388 e. The highest BCUT2D eigenvalue weighted by molar-refractivity contribution is 7.85. The SMILES string of the molecule is CNc1ccc(C)c(S(=O)(=O)O)c1.[HH]. The highest BCUT2D eigenvalue weighted by atomic mass is 32.2. The van der Waals surface area contributed by atoms with Crippen molar-refractivity contribution in [2.45, 2.75) is 11.8 Å². The zero-order valence-electron chi connectivity index (χ0n) is 7.40. The molecule has 0 aliphatic heterocycles. The summed E-state index contributed by atoms with van der Waals surface area (Å²) in [6.07, 6.45) is 0. The maximum Gasteiger partial charge on any atom is 0.294 e. The number of anilines is 1. The van der Waals surface area contributed by atoms with E-state index in [9.17, 15) is 8.42 Å². The Labute approximate surface area is 78.8 Å². The van der Waals surface area contributed by atoms with Gasteiger partial charge in [-0.1, -0.05) is 6.07 Å². The predicted octanol–water partition coefficient (Wildman–Crippen LogP) is 1.53. The topological polar surface area (TPSA) is 66.4 Å². The summed E-state index contributed by atoms with van der Waals surface area (Å²) in [5.41, 5.74) is 1.18. The van der Waals surface area contributed by atoms with E-state index in [-0.39, 0.29) is 6.32 Å². The van der Waals surface area contributed by atoms with Gasteiger partial charge in [-0.2, -0.15) is 8.42 Å². The van der Waals surface area contributed by atoms with Crippen LogP contribution < -0.4 is 5.32 Å². The Bertz CT molecular complexity index is 417. The van der Waals surface area contributed by atoms with Gasteiger partial charge in [-0.25, -0.2) is 0 Å². The molecule has 1 aromatic carbocycles. The van der Waals surface area contributed by atoms with Crippen molar-refractivity contribution in [2.75, 3.05) is 12.4 Å². The maximum absolute atomic E-state index is 10.8. The monoisotopic (exact) mass is 203 g/mol. The van der Waals surface area contributed by atoms with E-state index >= 15 is 0 Å². The quantitative estimate of drug-likeness (QED) is 0.715. The lowest BCUT2D eigenvalue weighted by molar-refractivity contribution is 0.482. The lowest BCUT2D eigenvalue weighted by Crippen LogP contribution is -2.01. The average molecular weight is 203 g/mol. The first-order valence-electron chi connectivity index (χ1n) is 3.71. The van der Waals surface area contributed by atoms with Crippen LogP contribution >= 0.6 is 0 Å². The third-order valence-corrected chi connectivity index (χ3v) is 2.75. The Kier molecular flexibility index (Phi) is 2.58. The molecule has 0 fully saturated rings. The molecule has 0 saturated carbocycles. The maximum atomic E-state index is 10.8. The van der Waals surface area contributed by atoms with Crippen LogP contribution in [0.4, 0.5) is 5.69 Å². The van der Waals surface area contributed by atoms with Crippen LogP contribution in [0.1, 0.15) is 6.99 Å². The van der Waals surface area contributed by atoms with Gasteiger partial charge in [0.1, 0.15) is 0 Å². The highest BCUT2D eigenvalue weighted by Crippen LogP contribution is 2.19. The van der Waals surface area contributed by atoms with Gasteiger partial charge in [0, 0.05) is 14.2 Å². The molecule has 13 heavy (non-hydrogen) atoms. The zero-order valence-corrected chi connectivity index (χ0v) is 8.22. The van der Waals surface area contributed by atoms with E-state index in [0.717, 1.165) is 0 Å². The van der Waals surface area contributed by atoms with Crippen LogP contribution in [0.2, 0.25) is 0 Å². The molecule has 0 aliphatic carbocycles. The first-order valence-corrected chi connectivity index (χ1v) is 5.15. The van der Waals surface area contributed by atoms with Gasteiger partial charge in [0.25, 0.3) is 10.1 Å². The van der Waals surface area contributed by atoms with Gasteiger partial charge in [0.05, 0.1) is 4.90 Å². The molecule has 5 heteroatoms. The zero-order chi connectivity index (χ0) is 10.1. The second kappa shape index (κ2) is 3.35. The van der Waals surface area contributed by atoms with E-state index in [0.29, 0.717) is 11.3 Å². The normalized spacial score (nSPS) is 11.3. The molecule has 0 radical (unpaired) electrons. The first-order chi connectivity index (χ1) is 5.95. The average Bonchev–Trinajstić information content (AvgIpc) is 2.03. The third kappa shape index (κ3) is 2.19. The Morgan fingerprint density at radius 3 is 2.54 bits per heavy atom. The van der Waals surface area contributed by atoms with Crippen molar-refractivity contribution < 1.29 is 14.4 Å². The smallest absolute Gasteiger partial charge is 0.294 e. The lowest BCUT2D eigenvalue weighted by atomic mass is 10.2. The molecule has 0 spiro atoms. The molecular formula is C8H13NO3S. The van der Waals surface area contributed by atoms with Gasteiger partial charge < -0.3 is 5.32 Å². The third-order valence-electron chi connectivity index (χ3n) is 1.75. The Hall–Kier alpha value is -1.07. The fourth-order valence-corrected chi connectivity index (χ4v) is 1.78. The number of rotatable bonds is 2. The van der Waals surface area contributed by atoms with Crippen molar-refractivity contribution in [1.82, 2.24) is 0 Å². The summed E-state index contributed by atoms with van der Waals surface area (Å²) in [6.45, 7) is 1.63. The Balaban J connectivity index is 0.00000169.